The fourth-order valence-electron chi connectivity index (χ4n) is 1.90. The zero-order chi connectivity index (χ0) is 15.2. The van der Waals surface area contributed by atoms with Gasteiger partial charge in [-0.25, -0.2) is 0 Å². The Morgan fingerprint density at radius 3 is 2.67 bits per heavy atom. The highest BCUT2D eigenvalue weighted by atomic mass is 35.5. The summed E-state index contributed by atoms with van der Waals surface area (Å²) >= 11 is 5.93. The number of anilines is 1. The molecule has 0 saturated heterocycles. The third kappa shape index (κ3) is 3.67. The molecule has 0 spiro atoms. The number of para-hydroxylation sites is 2. The summed E-state index contributed by atoms with van der Waals surface area (Å²) in [6.07, 6.45) is 0. The Morgan fingerprint density at radius 1 is 1.19 bits per heavy atom. The van der Waals surface area contributed by atoms with Crippen molar-refractivity contribution in [2.45, 2.75) is 6.92 Å². The van der Waals surface area contributed by atoms with Crippen molar-refractivity contribution in [3.63, 3.8) is 0 Å². The van der Waals surface area contributed by atoms with E-state index in [-0.39, 0.29) is 5.91 Å². The highest BCUT2D eigenvalue weighted by molar-refractivity contribution is 6.31. The van der Waals surface area contributed by atoms with Gasteiger partial charge in [-0.15, -0.1) is 0 Å². The quantitative estimate of drug-likeness (QED) is 0.908. The first-order valence-electron chi connectivity index (χ1n) is 6.52. The Hall–Kier alpha value is -2.20. The number of hydrogen-bond acceptors (Lipinski definition) is 3. The first-order chi connectivity index (χ1) is 10.2. The summed E-state index contributed by atoms with van der Waals surface area (Å²) in [4.78, 5) is 12.4. The van der Waals surface area contributed by atoms with Crippen LogP contribution >= 0.6 is 11.6 Å². The summed E-state index contributed by atoms with van der Waals surface area (Å²) in [7, 11) is 1.55. The van der Waals surface area contributed by atoms with Crippen LogP contribution in [-0.2, 0) is 0 Å². The van der Waals surface area contributed by atoms with Crippen LogP contribution in [0.2, 0.25) is 5.02 Å². The minimum atomic E-state index is -0.278. The van der Waals surface area contributed by atoms with Crippen LogP contribution in [0.3, 0.4) is 0 Å². The van der Waals surface area contributed by atoms with Gasteiger partial charge in [0, 0.05) is 5.02 Å². The summed E-state index contributed by atoms with van der Waals surface area (Å²) in [6.45, 7) is 2.30. The lowest BCUT2D eigenvalue weighted by Gasteiger charge is -2.13. The van der Waals surface area contributed by atoms with Crippen molar-refractivity contribution in [3.8, 4) is 11.5 Å². The molecule has 1 N–H and O–H groups in total. The van der Waals surface area contributed by atoms with Crippen LogP contribution in [0.1, 0.15) is 17.3 Å². The van der Waals surface area contributed by atoms with Gasteiger partial charge >= 0.3 is 0 Å². The molecule has 1 amide bonds. The molecule has 0 atom stereocenters. The molecule has 0 bridgehead atoms. The topological polar surface area (TPSA) is 47.6 Å². The number of rotatable bonds is 5. The van der Waals surface area contributed by atoms with Crippen molar-refractivity contribution < 1.29 is 14.3 Å². The monoisotopic (exact) mass is 305 g/mol. The van der Waals surface area contributed by atoms with E-state index in [1.165, 1.54) is 0 Å². The van der Waals surface area contributed by atoms with Gasteiger partial charge in [0.15, 0.2) is 0 Å². The van der Waals surface area contributed by atoms with Gasteiger partial charge in [-0.3, -0.25) is 4.79 Å². The molecule has 4 nitrogen and oxygen atoms in total. The normalized spacial score (nSPS) is 10.0. The van der Waals surface area contributed by atoms with Crippen molar-refractivity contribution >= 4 is 23.2 Å². The molecule has 0 fully saturated rings. The number of nitrogens with one attached hydrogen (secondary N) is 1. The van der Waals surface area contributed by atoms with Crippen LogP contribution in [0.4, 0.5) is 5.69 Å². The lowest BCUT2D eigenvalue weighted by Crippen LogP contribution is -2.14. The van der Waals surface area contributed by atoms with Crippen molar-refractivity contribution in [1.82, 2.24) is 0 Å². The fraction of sp³-hybridized carbons (Fsp3) is 0.188. The van der Waals surface area contributed by atoms with Gasteiger partial charge in [-0.1, -0.05) is 23.7 Å². The van der Waals surface area contributed by atoms with E-state index in [0.717, 1.165) is 0 Å². The number of amides is 1. The summed E-state index contributed by atoms with van der Waals surface area (Å²) < 4.78 is 10.7. The third-order valence-corrected chi connectivity index (χ3v) is 3.08. The maximum absolute atomic E-state index is 12.4. The van der Waals surface area contributed by atoms with Crippen molar-refractivity contribution in [2.75, 3.05) is 19.0 Å². The third-order valence-electron chi connectivity index (χ3n) is 2.84. The smallest absolute Gasteiger partial charge is 0.259 e. The van der Waals surface area contributed by atoms with Crippen molar-refractivity contribution in [3.05, 3.63) is 53.1 Å². The molecule has 5 heteroatoms. The van der Waals surface area contributed by atoms with E-state index in [1.807, 2.05) is 19.1 Å². The van der Waals surface area contributed by atoms with Gasteiger partial charge in [-0.2, -0.15) is 0 Å². The van der Waals surface area contributed by atoms with Crippen LogP contribution in [-0.4, -0.2) is 19.6 Å². The predicted molar refractivity (Wildman–Crippen MR) is 83.6 cm³/mol. The molecule has 21 heavy (non-hydrogen) atoms. The maximum Gasteiger partial charge on any atom is 0.259 e. The standard InChI is InChI=1S/C16H16ClNO3/c1-3-21-15-10-11(17)8-9-12(15)16(19)18-13-6-4-5-7-14(13)20-2/h4-10H,3H2,1-2H3,(H,18,19). The van der Waals surface area contributed by atoms with Crippen LogP contribution in [0, 0.1) is 0 Å². The highest BCUT2D eigenvalue weighted by Gasteiger charge is 2.14. The number of hydrogen-bond donors (Lipinski definition) is 1. The van der Waals surface area contributed by atoms with E-state index in [2.05, 4.69) is 5.32 Å². The highest BCUT2D eigenvalue weighted by Crippen LogP contribution is 2.27. The molecule has 0 saturated carbocycles. The first kappa shape index (κ1) is 15.2. The first-order valence-corrected chi connectivity index (χ1v) is 6.90. The molecular weight excluding hydrogens is 290 g/mol. The van der Waals surface area contributed by atoms with E-state index in [9.17, 15) is 4.79 Å². The van der Waals surface area contributed by atoms with E-state index in [1.54, 1.807) is 37.4 Å². The molecule has 0 aliphatic carbocycles. The molecule has 0 unspecified atom stereocenters. The average molecular weight is 306 g/mol. The molecule has 0 aliphatic heterocycles. The van der Waals surface area contributed by atoms with Gasteiger partial charge in [-0.05, 0) is 37.3 Å². The second-order valence-corrected chi connectivity index (χ2v) is 4.66. The van der Waals surface area contributed by atoms with Gasteiger partial charge in [0.05, 0.1) is 25.0 Å². The van der Waals surface area contributed by atoms with Crippen LogP contribution in [0.25, 0.3) is 0 Å². The van der Waals surface area contributed by atoms with Gasteiger partial charge < -0.3 is 14.8 Å². The van der Waals surface area contributed by atoms with Gasteiger partial charge in [0.1, 0.15) is 11.5 Å². The lowest BCUT2D eigenvalue weighted by molar-refractivity contribution is 0.102. The summed E-state index contributed by atoms with van der Waals surface area (Å²) in [5.74, 6) is 0.773. The molecule has 2 rings (SSSR count). The summed E-state index contributed by atoms with van der Waals surface area (Å²) in [5, 5.41) is 3.33. The number of halogens is 1. The average Bonchev–Trinajstić information content (AvgIpc) is 2.48. The number of carbonyl (C=O) groups is 1. The SMILES string of the molecule is CCOc1cc(Cl)ccc1C(=O)Nc1ccccc1OC. The van der Waals surface area contributed by atoms with Crippen molar-refractivity contribution in [2.24, 2.45) is 0 Å². The number of methoxy groups -OCH3 is 1. The van der Waals surface area contributed by atoms with Gasteiger partial charge in [0.2, 0.25) is 0 Å². The van der Waals surface area contributed by atoms with Crippen LogP contribution in [0.15, 0.2) is 42.5 Å². The molecule has 2 aromatic carbocycles. The molecule has 110 valence electrons. The summed E-state index contributed by atoms with van der Waals surface area (Å²) in [5.41, 5.74) is 1.02. The maximum atomic E-state index is 12.4. The molecule has 0 heterocycles. The zero-order valence-corrected chi connectivity index (χ0v) is 12.6. The Kier molecular flexibility index (Phi) is 5.06. The van der Waals surface area contributed by atoms with Gasteiger partial charge in [0.25, 0.3) is 5.91 Å². The predicted octanol–water partition coefficient (Wildman–Crippen LogP) is 4.00. The van der Waals surface area contributed by atoms with E-state index in [4.69, 9.17) is 21.1 Å². The Labute approximate surface area is 128 Å². The Bertz CT molecular complexity index is 643. The molecule has 0 radical (unpaired) electrons. The number of benzene rings is 2. The fourth-order valence-corrected chi connectivity index (χ4v) is 2.06. The second kappa shape index (κ2) is 6.99. The van der Waals surface area contributed by atoms with Crippen molar-refractivity contribution in [1.29, 1.82) is 0 Å². The Morgan fingerprint density at radius 2 is 1.95 bits per heavy atom. The van der Waals surface area contributed by atoms with Crippen LogP contribution in [0.5, 0.6) is 11.5 Å². The van der Waals surface area contributed by atoms with E-state index in [0.29, 0.717) is 34.4 Å². The van der Waals surface area contributed by atoms with Crippen LogP contribution < -0.4 is 14.8 Å². The zero-order valence-electron chi connectivity index (χ0n) is 11.9. The Balaban J connectivity index is 2.28. The molecular formula is C16H16ClNO3. The minimum Gasteiger partial charge on any atom is -0.495 e. The second-order valence-electron chi connectivity index (χ2n) is 4.23. The molecule has 0 aliphatic rings. The summed E-state index contributed by atoms with van der Waals surface area (Å²) in [6, 6.07) is 12.1. The molecule has 0 aromatic heterocycles. The minimum absolute atomic E-state index is 0.278. The van der Waals surface area contributed by atoms with E-state index < -0.39 is 0 Å². The number of carbonyl (C=O) groups excluding carboxylic acids is 1. The lowest BCUT2D eigenvalue weighted by atomic mass is 10.1. The molecule has 2 aromatic rings. The van der Waals surface area contributed by atoms with E-state index >= 15 is 0 Å². The largest absolute Gasteiger partial charge is 0.495 e. The number of ether oxygens (including phenoxy) is 2.